The second kappa shape index (κ2) is 7.59. The molecule has 0 bridgehead atoms. The molecule has 0 spiro atoms. The number of hydrogen-bond donors (Lipinski definition) is 1. The molecule has 1 fully saturated rings. The summed E-state index contributed by atoms with van der Waals surface area (Å²) in [6.45, 7) is 7.74. The molecule has 1 aromatic heterocycles. The number of anilines is 1. The standard InChI is InChI=1S/C14H23N3O2S/c1-3-19-13(18)12-10-20-14(16-12)15-11(2)9-17-7-5-4-6-8-17/h10-11H,3-9H2,1-2H3,(H,15,16). The molecule has 1 N–H and O–H groups in total. The molecule has 2 heterocycles. The number of carbonyl (C=O) groups excluding carboxylic acids is 1. The average Bonchev–Trinajstić information content (AvgIpc) is 2.88. The highest BCUT2D eigenvalue weighted by molar-refractivity contribution is 7.13. The molecule has 6 heteroatoms. The Hall–Kier alpha value is -1.14. The van der Waals surface area contributed by atoms with Gasteiger partial charge >= 0.3 is 5.97 Å². The van der Waals surface area contributed by atoms with Gasteiger partial charge < -0.3 is 15.0 Å². The van der Waals surface area contributed by atoms with E-state index in [1.54, 1.807) is 12.3 Å². The Kier molecular flexibility index (Phi) is 5.79. The van der Waals surface area contributed by atoms with E-state index in [0.29, 0.717) is 18.3 Å². The number of piperidine rings is 1. The Morgan fingerprint density at radius 3 is 2.95 bits per heavy atom. The van der Waals surface area contributed by atoms with Crippen molar-refractivity contribution < 1.29 is 9.53 Å². The minimum atomic E-state index is -0.347. The topological polar surface area (TPSA) is 54.5 Å². The zero-order valence-corrected chi connectivity index (χ0v) is 13.0. The van der Waals surface area contributed by atoms with Crippen molar-refractivity contribution in [3.8, 4) is 0 Å². The fraction of sp³-hybridized carbons (Fsp3) is 0.714. The van der Waals surface area contributed by atoms with Crippen molar-refractivity contribution in [1.82, 2.24) is 9.88 Å². The van der Waals surface area contributed by atoms with Gasteiger partial charge in [-0.3, -0.25) is 0 Å². The zero-order chi connectivity index (χ0) is 14.4. The first-order valence-electron chi connectivity index (χ1n) is 7.30. The van der Waals surface area contributed by atoms with Crippen molar-refractivity contribution in [2.75, 3.05) is 31.6 Å². The number of aromatic nitrogens is 1. The largest absolute Gasteiger partial charge is 0.461 e. The Balaban J connectivity index is 1.81. The lowest BCUT2D eigenvalue weighted by Crippen LogP contribution is -2.38. The minimum Gasteiger partial charge on any atom is -0.461 e. The summed E-state index contributed by atoms with van der Waals surface area (Å²) in [6.07, 6.45) is 3.96. The monoisotopic (exact) mass is 297 g/mol. The summed E-state index contributed by atoms with van der Waals surface area (Å²) in [5.74, 6) is -0.347. The quantitative estimate of drug-likeness (QED) is 0.818. The second-order valence-electron chi connectivity index (χ2n) is 5.17. The third-order valence-electron chi connectivity index (χ3n) is 3.34. The lowest BCUT2D eigenvalue weighted by atomic mass is 10.1. The van der Waals surface area contributed by atoms with Gasteiger partial charge in [-0.15, -0.1) is 11.3 Å². The summed E-state index contributed by atoms with van der Waals surface area (Å²) in [5, 5.41) is 5.90. The van der Waals surface area contributed by atoms with Gasteiger partial charge in [-0.05, 0) is 39.8 Å². The summed E-state index contributed by atoms with van der Waals surface area (Å²) < 4.78 is 4.94. The minimum absolute atomic E-state index is 0.328. The van der Waals surface area contributed by atoms with E-state index in [1.807, 2.05) is 0 Å². The lowest BCUT2D eigenvalue weighted by molar-refractivity contribution is 0.0520. The molecular formula is C14H23N3O2S. The number of likely N-dealkylation sites (tertiary alicyclic amines) is 1. The summed E-state index contributed by atoms with van der Waals surface area (Å²) >= 11 is 1.45. The van der Waals surface area contributed by atoms with Gasteiger partial charge in [-0.1, -0.05) is 6.42 Å². The summed E-state index contributed by atoms with van der Waals surface area (Å²) in [5.41, 5.74) is 0.393. The van der Waals surface area contributed by atoms with Crippen molar-refractivity contribution in [2.45, 2.75) is 39.2 Å². The maximum Gasteiger partial charge on any atom is 0.357 e. The van der Waals surface area contributed by atoms with Gasteiger partial charge in [0.25, 0.3) is 0 Å². The SMILES string of the molecule is CCOC(=O)c1csc(NC(C)CN2CCCCC2)n1. The highest BCUT2D eigenvalue weighted by Crippen LogP contribution is 2.18. The molecule has 0 aliphatic carbocycles. The molecular weight excluding hydrogens is 274 g/mol. The van der Waals surface area contributed by atoms with Crippen molar-refractivity contribution >= 4 is 22.4 Å². The van der Waals surface area contributed by atoms with Gasteiger partial charge in [0.15, 0.2) is 10.8 Å². The summed E-state index contributed by atoms with van der Waals surface area (Å²) in [7, 11) is 0. The Bertz CT molecular complexity index is 430. The van der Waals surface area contributed by atoms with Crippen LogP contribution in [0, 0.1) is 0 Å². The van der Waals surface area contributed by atoms with Crippen LogP contribution in [0.2, 0.25) is 0 Å². The molecule has 1 unspecified atom stereocenters. The van der Waals surface area contributed by atoms with Gasteiger partial charge in [0.05, 0.1) is 6.61 Å². The van der Waals surface area contributed by atoms with Gasteiger partial charge in [0.1, 0.15) is 0 Å². The van der Waals surface area contributed by atoms with Crippen molar-refractivity contribution in [3.05, 3.63) is 11.1 Å². The fourth-order valence-electron chi connectivity index (χ4n) is 2.42. The van der Waals surface area contributed by atoms with E-state index in [4.69, 9.17) is 4.74 Å². The lowest BCUT2D eigenvalue weighted by Gasteiger charge is -2.29. The van der Waals surface area contributed by atoms with Crippen LogP contribution < -0.4 is 5.32 Å². The van der Waals surface area contributed by atoms with Gasteiger partial charge in [0.2, 0.25) is 0 Å². The van der Waals surface area contributed by atoms with E-state index >= 15 is 0 Å². The van der Waals surface area contributed by atoms with Crippen LogP contribution in [0.4, 0.5) is 5.13 Å². The molecule has 0 saturated carbocycles. The predicted molar refractivity (Wildman–Crippen MR) is 81.4 cm³/mol. The molecule has 1 atom stereocenters. The highest BCUT2D eigenvalue weighted by Gasteiger charge is 2.16. The predicted octanol–water partition coefficient (Wildman–Crippen LogP) is 2.61. The first kappa shape index (κ1) is 15.3. The zero-order valence-electron chi connectivity index (χ0n) is 12.2. The maximum absolute atomic E-state index is 11.5. The summed E-state index contributed by atoms with van der Waals surface area (Å²) in [6, 6.07) is 0.328. The number of ether oxygens (including phenoxy) is 1. The third kappa shape index (κ3) is 4.45. The van der Waals surface area contributed by atoms with E-state index in [2.05, 4.69) is 22.1 Å². The van der Waals surface area contributed by atoms with Gasteiger partial charge in [-0.25, -0.2) is 9.78 Å². The van der Waals surface area contributed by atoms with Gasteiger partial charge in [-0.2, -0.15) is 0 Å². The number of hydrogen-bond acceptors (Lipinski definition) is 6. The average molecular weight is 297 g/mol. The third-order valence-corrected chi connectivity index (χ3v) is 4.11. The first-order valence-corrected chi connectivity index (χ1v) is 8.18. The van der Waals surface area contributed by atoms with Crippen molar-refractivity contribution in [2.24, 2.45) is 0 Å². The molecule has 112 valence electrons. The van der Waals surface area contributed by atoms with Crippen LogP contribution in [0.3, 0.4) is 0 Å². The number of esters is 1. The molecule has 2 rings (SSSR count). The molecule has 1 aromatic rings. The van der Waals surface area contributed by atoms with Crippen LogP contribution in [0.15, 0.2) is 5.38 Å². The number of thiazole rings is 1. The van der Waals surface area contributed by atoms with E-state index in [0.717, 1.165) is 11.7 Å². The van der Waals surface area contributed by atoms with Crippen LogP contribution in [0.25, 0.3) is 0 Å². The molecule has 0 aromatic carbocycles. The molecule has 5 nitrogen and oxygen atoms in total. The molecule has 1 saturated heterocycles. The Morgan fingerprint density at radius 1 is 1.50 bits per heavy atom. The Labute approximate surface area is 124 Å². The fourth-order valence-corrected chi connectivity index (χ4v) is 3.22. The number of rotatable bonds is 6. The van der Waals surface area contributed by atoms with Crippen LogP contribution >= 0.6 is 11.3 Å². The van der Waals surface area contributed by atoms with E-state index in [9.17, 15) is 4.79 Å². The molecule has 20 heavy (non-hydrogen) atoms. The first-order chi connectivity index (χ1) is 9.69. The van der Waals surface area contributed by atoms with Crippen LogP contribution in [0.1, 0.15) is 43.6 Å². The highest BCUT2D eigenvalue weighted by atomic mass is 32.1. The molecule has 1 aliphatic heterocycles. The molecule has 0 amide bonds. The molecule has 1 aliphatic rings. The maximum atomic E-state index is 11.5. The summed E-state index contributed by atoms with van der Waals surface area (Å²) in [4.78, 5) is 18.3. The number of nitrogens with one attached hydrogen (secondary N) is 1. The van der Waals surface area contributed by atoms with E-state index in [1.165, 1.54) is 43.7 Å². The van der Waals surface area contributed by atoms with Crippen molar-refractivity contribution in [3.63, 3.8) is 0 Å². The van der Waals surface area contributed by atoms with Crippen LogP contribution in [0.5, 0.6) is 0 Å². The van der Waals surface area contributed by atoms with Gasteiger partial charge in [0, 0.05) is 18.0 Å². The van der Waals surface area contributed by atoms with Crippen LogP contribution in [-0.4, -0.2) is 48.1 Å². The van der Waals surface area contributed by atoms with E-state index < -0.39 is 0 Å². The molecule has 0 radical (unpaired) electrons. The number of nitrogens with zero attached hydrogens (tertiary/aromatic N) is 2. The normalized spacial score (nSPS) is 17.7. The smallest absolute Gasteiger partial charge is 0.357 e. The van der Waals surface area contributed by atoms with Crippen LogP contribution in [-0.2, 0) is 4.74 Å². The van der Waals surface area contributed by atoms with Crippen molar-refractivity contribution in [1.29, 1.82) is 0 Å². The van der Waals surface area contributed by atoms with E-state index in [-0.39, 0.29) is 5.97 Å². The second-order valence-corrected chi connectivity index (χ2v) is 6.02. The number of carbonyl (C=O) groups is 1. The Morgan fingerprint density at radius 2 is 2.25 bits per heavy atom.